The molecule has 0 saturated heterocycles. The van der Waals surface area contributed by atoms with Crippen LogP contribution in [0.4, 0.5) is 5.69 Å². The van der Waals surface area contributed by atoms with Crippen molar-refractivity contribution < 1.29 is 4.79 Å². The summed E-state index contributed by atoms with van der Waals surface area (Å²) in [6, 6.07) is 5.24. The normalized spacial score (nSPS) is 12.0. The number of benzene rings is 1. The summed E-state index contributed by atoms with van der Waals surface area (Å²) in [5.41, 5.74) is 1.32. The smallest absolute Gasteiger partial charge is 0.255 e. The minimum absolute atomic E-state index is 0.0159. The van der Waals surface area contributed by atoms with Gasteiger partial charge in [-0.1, -0.05) is 11.6 Å². The molecule has 0 radical (unpaired) electrons. The second kappa shape index (κ2) is 6.24. The van der Waals surface area contributed by atoms with Crippen LogP contribution in [0, 0.1) is 0 Å². The number of hydrogen-bond acceptors (Lipinski definition) is 4. The van der Waals surface area contributed by atoms with E-state index in [-0.39, 0.29) is 11.9 Å². The van der Waals surface area contributed by atoms with Gasteiger partial charge in [0.2, 0.25) is 0 Å². The van der Waals surface area contributed by atoms with E-state index in [1.54, 1.807) is 54.7 Å². The van der Waals surface area contributed by atoms with Gasteiger partial charge in [0, 0.05) is 36.4 Å². The first-order valence-corrected chi connectivity index (χ1v) is 7.42. The van der Waals surface area contributed by atoms with Gasteiger partial charge in [-0.15, -0.1) is 11.3 Å². The first kappa shape index (κ1) is 14.8. The average Bonchev–Trinajstić information content (AvgIpc) is 2.92. The summed E-state index contributed by atoms with van der Waals surface area (Å²) in [6.45, 7) is 2.00. The number of aromatic nitrogens is 1. The fourth-order valence-electron chi connectivity index (χ4n) is 1.81. The molecule has 1 N–H and O–H groups in total. The summed E-state index contributed by atoms with van der Waals surface area (Å²) in [6.07, 6.45) is 1.77. The second-order valence-corrected chi connectivity index (χ2v) is 5.99. The second-order valence-electron chi connectivity index (χ2n) is 4.63. The van der Waals surface area contributed by atoms with Gasteiger partial charge in [-0.3, -0.25) is 4.79 Å². The van der Waals surface area contributed by atoms with Crippen molar-refractivity contribution in [1.29, 1.82) is 0 Å². The molecule has 4 nitrogen and oxygen atoms in total. The first-order chi connectivity index (χ1) is 9.49. The number of thiazole rings is 1. The molecule has 0 saturated carbocycles. The van der Waals surface area contributed by atoms with Crippen LogP contribution in [0.1, 0.15) is 28.3 Å². The molecule has 1 amide bonds. The van der Waals surface area contributed by atoms with Crippen molar-refractivity contribution in [3.8, 4) is 0 Å². The van der Waals surface area contributed by atoms with E-state index in [0.29, 0.717) is 10.6 Å². The minimum Gasteiger partial charge on any atom is -0.375 e. The summed E-state index contributed by atoms with van der Waals surface area (Å²) in [7, 11) is 3.45. The Morgan fingerprint density at radius 2 is 2.20 bits per heavy atom. The van der Waals surface area contributed by atoms with Gasteiger partial charge in [-0.2, -0.15) is 0 Å². The maximum Gasteiger partial charge on any atom is 0.255 e. The monoisotopic (exact) mass is 309 g/mol. The highest BCUT2D eigenvalue weighted by molar-refractivity contribution is 7.09. The third-order valence-electron chi connectivity index (χ3n) is 2.81. The van der Waals surface area contributed by atoms with Crippen LogP contribution >= 0.6 is 22.9 Å². The Bertz CT molecular complexity index is 598. The molecule has 2 aromatic rings. The van der Waals surface area contributed by atoms with E-state index in [1.165, 1.54) is 0 Å². The van der Waals surface area contributed by atoms with Crippen molar-refractivity contribution in [2.24, 2.45) is 0 Å². The van der Waals surface area contributed by atoms with Crippen molar-refractivity contribution in [2.75, 3.05) is 19.4 Å². The molecule has 1 atom stereocenters. The Kier molecular flexibility index (Phi) is 4.62. The summed E-state index contributed by atoms with van der Waals surface area (Å²) in [5.74, 6) is -0.0597. The van der Waals surface area contributed by atoms with E-state index < -0.39 is 0 Å². The Morgan fingerprint density at radius 3 is 2.80 bits per heavy atom. The van der Waals surface area contributed by atoms with Gasteiger partial charge in [0.05, 0.1) is 11.6 Å². The quantitative estimate of drug-likeness (QED) is 0.937. The molecule has 1 aromatic heterocycles. The first-order valence-electron chi connectivity index (χ1n) is 6.16. The molecule has 0 aliphatic carbocycles. The van der Waals surface area contributed by atoms with Crippen molar-refractivity contribution in [2.45, 2.75) is 13.0 Å². The van der Waals surface area contributed by atoms with Gasteiger partial charge in [0.15, 0.2) is 0 Å². The molecular weight excluding hydrogens is 294 g/mol. The van der Waals surface area contributed by atoms with Gasteiger partial charge < -0.3 is 10.2 Å². The largest absolute Gasteiger partial charge is 0.375 e. The van der Waals surface area contributed by atoms with Crippen molar-refractivity contribution >= 4 is 34.5 Å². The zero-order valence-electron chi connectivity index (χ0n) is 11.6. The molecule has 1 unspecified atom stereocenters. The zero-order chi connectivity index (χ0) is 14.7. The van der Waals surface area contributed by atoms with Crippen LogP contribution in [0.3, 0.4) is 0 Å². The van der Waals surface area contributed by atoms with Gasteiger partial charge in [-0.05, 0) is 25.1 Å². The Labute approximate surface area is 127 Å². The molecule has 0 fully saturated rings. The predicted molar refractivity (Wildman–Crippen MR) is 83.6 cm³/mol. The van der Waals surface area contributed by atoms with E-state index in [2.05, 4.69) is 10.3 Å². The van der Waals surface area contributed by atoms with Crippen LogP contribution in [-0.2, 0) is 0 Å². The molecule has 20 heavy (non-hydrogen) atoms. The summed E-state index contributed by atoms with van der Waals surface area (Å²) >= 11 is 7.60. The molecule has 2 rings (SSSR count). The Morgan fingerprint density at radius 1 is 1.45 bits per heavy atom. The highest BCUT2D eigenvalue weighted by Crippen LogP contribution is 2.27. The molecule has 1 aromatic carbocycles. The third-order valence-corrected chi connectivity index (χ3v) is 4.01. The van der Waals surface area contributed by atoms with Crippen molar-refractivity contribution in [3.63, 3.8) is 0 Å². The number of halogens is 1. The Balaban J connectivity index is 2.30. The maximum atomic E-state index is 12.2. The fraction of sp³-hybridized carbons (Fsp3) is 0.286. The van der Waals surface area contributed by atoms with Gasteiger partial charge in [0.1, 0.15) is 5.01 Å². The summed E-state index contributed by atoms with van der Waals surface area (Å²) in [4.78, 5) is 18.0. The van der Waals surface area contributed by atoms with E-state index in [1.807, 2.05) is 12.3 Å². The molecule has 0 aliphatic rings. The lowest BCUT2D eigenvalue weighted by Gasteiger charge is -2.18. The van der Waals surface area contributed by atoms with Gasteiger partial charge in [0.25, 0.3) is 5.91 Å². The fourth-order valence-corrected chi connectivity index (χ4v) is 2.62. The van der Waals surface area contributed by atoms with Crippen LogP contribution in [0.2, 0.25) is 5.02 Å². The number of hydrogen-bond donors (Lipinski definition) is 1. The minimum atomic E-state index is -0.0597. The van der Waals surface area contributed by atoms with Gasteiger partial charge in [-0.25, -0.2) is 4.98 Å². The standard InChI is InChI=1S/C14H16ClN3OS/c1-9(13-16-6-7-20-13)17-12-8-10(15)4-5-11(12)14(19)18(2)3/h4-9,17H,1-3H3. The third kappa shape index (κ3) is 3.29. The van der Waals surface area contributed by atoms with E-state index in [4.69, 9.17) is 11.6 Å². The number of anilines is 1. The number of amides is 1. The lowest BCUT2D eigenvalue weighted by atomic mass is 10.1. The summed E-state index contributed by atoms with van der Waals surface area (Å²) < 4.78 is 0. The lowest BCUT2D eigenvalue weighted by molar-refractivity contribution is 0.0828. The van der Waals surface area contributed by atoms with E-state index in [9.17, 15) is 4.79 Å². The topological polar surface area (TPSA) is 45.2 Å². The molecular formula is C14H16ClN3OS. The number of carbonyl (C=O) groups excluding carboxylic acids is 1. The lowest BCUT2D eigenvalue weighted by Crippen LogP contribution is -2.23. The number of rotatable bonds is 4. The van der Waals surface area contributed by atoms with Crippen LogP contribution in [-0.4, -0.2) is 29.9 Å². The average molecular weight is 310 g/mol. The van der Waals surface area contributed by atoms with E-state index >= 15 is 0 Å². The predicted octanol–water partition coefficient (Wildman–Crippen LogP) is 3.67. The molecule has 106 valence electrons. The molecule has 1 heterocycles. The molecule has 0 bridgehead atoms. The van der Waals surface area contributed by atoms with Crippen LogP contribution in [0.5, 0.6) is 0 Å². The maximum absolute atomic E-state index is 12.2. The molecule has 0 spiro atoms. The number of nitrogens with zero attached hydrogens (tertiary/aromatic N) is 2. The molecule has 0 aliphatic heterocycles. The SMILES string of the molecule is CC(Nc1cc(Cl)ccc1C(=O)N(C)C)c1nccs1. The van der Waals surface area contributed by atoms with Crippen LogP contribution in [0.25, 0.3) is 0 Å². The van der Waals surface area contributed by atoms with Crippen LogP contribution in [0.15, 0.2) is 29.8 Å². The zero-order valence-corrected chi connectivity index (χ0v) is 13.1. The summed E-state index contributed by atoms with van der Waals surface area (Å²) in [5, 5.41) is 6.79. The van der Waals surface area contributed by atoms with E-state index in [0.717, 1.165) is 10.7 Å². The van der Waals surface area contributed by atoms with Crippen molar-refractivity contribution in [3.05, 3.63) is 45.4 Å². The highest BCUT2D eigenvalue weighted by atomic mass is 35.5. The van der Waals surface area contributed by atoms with Crippen LogP contribution < -0.4 is 5.32 Å². The Hall–Kier alpha value is -1.59. The highest BCUT2D eigenvalue weighted by Gasteiger charge is 2.16. The van der Waals surface area contributed by atoms with Crippen molar-refractivity contribution in [1.82, 2.24) is 9.88 Å². The number of carbonyl (C=O) groups is 1. The number of nitrogens with one attached hydrogen (secondary N) is 1. The van der Waals surface area contributed by atoms with Gasteiger partial charge >= 0.3 is 0 Å². The molecule has 6 heteroatoms.